The largest absolute Gasteiger partial charge is 0.501 e. The Bertz CT molecular complexity index is 256. The molecule has 1 rings (SSSR count). The van der Waals surface area contributed by atoms with Crippen LogP contribution in [-0.2, 0) is 4.74 Å². The van der Waals surface area contributed by atoms with E-state index in [1.165, 1.54) is 12.3 Å². The highest BCUT2D eigenvalue weighted by atomic mass is 19.1. The Morgan fingerprint density at radius 2 is 2.42 bits per heavy atom. The van der Waals surface area contributed by atoms with Gasteiger partial charge < -0.3 is 4.74 Å². The van der Waals surface area contributed by atoms with Crippen molar-refractivity contribution < 1.29 is 9.13 Å². The SMILES string of the molecule is CCOC=Cc1ccc(F)cn1. The standard InChI is InChI=1S/C9H10FNO/c1-2-12-6-5-9-4-3-8(10)7-11-9/h3-7H,2H2,1H3. The number of ether oxygens (including phenoxy) is 1. The number of halogens is 1. The third-order valence-electron chi connectivity index (χ3n) is 1.25. The number of aromatic nitrogens is 1. The summed E-state index contributed by atoms with van der Waals surface area (Å²) in [6.07, 6.45) is 4.40. The molecule has 1 aromatic rings. The van der Waals surface area contributed by atoms with Gasteiger partial charge >= 0.3 is 0 Å². The maximum absolute atomic E-state index is 12.4. The Labute approximate surface area is 70.7 Å². The zero-order chi connectivity index (χ0) is 8.81. The third kappa shape index (κ3) is 2.70. The minimum atomic E-state index is -0.330. The predicted octanol–water partition coefficient (Wildman–Crippen LogP) is 2.23. The predicted molar refractivity (Wildman–Crippen MR) is 44.9 cm³/mol. The van der Waals surface area contributed by atoms with Gasteiger partial charge in [-0.2, -0.15) is 0 Å². The summed E-state index contributed by atoms with van der Waals surface area (Å²) in [5, 5.41) is 0. The summed E-state index contributed by atoms with van der Waals surface area (Å²) in [6, 6.07) is 2.95. The molecule has 12 heavy (non-hydrogen) atoms. The fraction of sp³-hybridized carbons (Fsp3) is 0.222. The molecule has 0 saturated carbocycles. The highest BCUT2D eigenvalue weighted by molar-refractivity contribution is 5.42. The molecule has 0 fully saturated rings. The van der Waals surface area contributed by atoms with Gasteiger partial charge in [0.05, 0.1) is 24.8 Å². The minimum absolute atomic E-state index is 0.330. The van der Waals surface area contributed by atoms with Crippen molar-refractivity contribution in [1.82, 2.24) is 4.98 Å². The summed E-state index contributed by atoms with van der Waals surface area (Å²) < 4.78 is 17.3. The van der Waals surface area contributed by atoms with Gasteiger partial charge in [-0.15, -0.1) is 0 Å². The highest BCUT2D eigenvalue weighted by Gasteiger charge is 1.89. The van der Waals surface area contributed by atoms with Gasteiger partial charge in [-0.3, -0.25) is 4.98 Å². The molecule has 0 unspecified atom stereocenters. The van der Waals surface area contributed by atoms with Crippen LogP contribution in [0.1, 0.15) is 12.6 Å². The van der Waals surface area contributed by atoms with Gasteiger partial charge in [0.15, 0.2) is 0 Å². The van der Waals surface area contributed by atoms with E-state index in [1.54, 1.807) is 18.4 Å². The zero-order valence-corrected chi connectivity index (χ0v) is 6.83. The van der Waals surface area contributed by atoms with Crippen molar-refractivity contribution in [2.24, 2.45) is 0 Å². The Kier molecular flexibility index (Phi) is 3.26. The van der Waals surface area contributed by atoms with Crippen molar-refractivity contribution in [1.29, 1.82) is 0 Å². The normalized spacial score (nSPS) is 10.5. The molecule has 0 amide bonds. The molecule has 1 heterocycles. The van der Waals surface area contributed by atoms with Gasteiger partial charge in [-0.1, -0.05) is 0 Å². The van der Waals surface area contributed by atoms with E-state index >= 15 is 0 Å². The molecule has 0 spiro atoms. The second kappa shape index (κ2) is 4.49. The van der Waals surface area contributed by atoms with E-state index in [0.717, 1.165) is 0 Å². The lowest BCUT2D eigenvalue weighted by molar-refractivity contribution is 0.272. The van der Waals surface area contributed by atoms with Crippen molar-refractivity contribution in [2.75, 3.05) is 6.61 Å². The number of pyridine rings is 1. The molecule has 0 N–H and O–H groups in total. The number of hydrogen-bond donors (Lipinski definition) is 0. The summed E-state index contributed by atoms with van der Waals surface area (Å²) in [6.45, 7) is 2.51. The quantitative estimate of drug-likeness (QED) is 0.644. The van der Waals surface area contributed by atoms with Crippen molar-refractivity contribution in [3.8, 4) is 0 Å². The Hall–Kier alpha value is -1.38. The Morgan fingerprint density at radius 1 is 1.58 bits per heavy atom. The van der Waals surface area contributed by atoms with Crippen LogP contribution in [0.5, 0.6) is 0 Å². The molecule has 2 nitrogen and oxygen atoms in total. The van der Waals surface area contributed by atoms with Crippen LogP contribution in [0.25, 0.3) is 6.08 Å². The summed E-state index contributed by atoms with van der Waals surface area (Å²) in [4.78, 5) is 3.81. The Morgan fingerprint density at radius 3 is 3.00 bits per heavy atom. The van der Waals surface area contributed by atoms with E-state index in [0.29, 0.717) is 12.3 Å². The van der Waals surface area contributed by atoms with E-state index in [4.69, 9.17) is 4.74 Å². The van der Waals surface area contributed by atoms with E-state index in [-0.39, 0.29) is 5.82 Å². The van der Waals surface area contributed by atoms with Crippen molar-refractivity contribution in [3.63, 3.8) is 0 Å². The fourth-order valence-corrected chi connectivity index (χ4v) is 0.700. The van der Waals surface area contributed by atoms with Crippen LogP contribution < -0.4 is 0 Å². The smallest absolute Gasteiger partial charge is 0.141 e. The lowest BCUT2D eigenvalue weighted by Gasteiger charge is -1.93. The molecule has 0 aromatic carbocycles. The summed E-state index contributed by atoms with van der Waals surface area (Å²) in [5.41, 5.74) is 0.685. The molecule has 0 aliphatic heterocycles. The third-order valence-corrected chi connectivity index (χ3v) is 1.25. The second-order valence-corrected chi connectivity index (χ2v) is 2.16. The number of nitrogens with zero attached hydrogens (tertiary/aromatic N) is 1. The van der Waals surface area contributed by atoms with Gasteiger partial charge in [0.1, 0.15) is 5.82 Å². The molecule has 0 bridgehead atoms. The maximum Gasteiger partial charge on any atom is 0.141 e. The van der Waals surface area contributed by atoms with Gasteiger partial charge in [0, 0.05) is 0 Å². The summed E-state index contributed by atoms with van der Waals surface area (Å²) in [7, 11) is 0. The van der Waals surface area contributed by atoms with Gasteiger partial charge in [-0.05, 0) is 25.1 Å². The van der Waals surface area contributed by atoms with Gasteiger partial charge in [0.2, 0.25) is 0 Å². The molecule has 3 heteroatoms. The molecule has 0 saturated heterocycles. The van der Waals surface area contributed by atoms with Crippen LogP contribution in [0.15, 0.2) is 24.6 Å². The Balaban J connectivity index is 2.58. The molecular formula is C9H10FNO. The first-order chi connectivity index (χ1) is 5.83. The van der Waals surface area contributed by atoms with Crippen LogP contribution in [-0.4, -0.2) is 11.6 Å². The molecular weight excluding hydrogens is 157 g/mol. The van der Waals surface area contributed by atoms with E-state index < -0.39 is 0 Å². The minimum Gasteiger partial charge on any atom is -0.501 e. The molecule has 64 valence electrons. The van der Waals surface area contributed by atoms with Crippen LogP contribution in [0.4, 0.5) is 4.39 Å². The number of rotatable bonds is 3. The van der Waals surface area contributed by atoms with Crippen LogP contribution in [0.2, 0.25) is 0 Å². The van der Waals surface area contributed by atoms with E-state index in [2.05, 4.69) is 4.98 Å². The first kappa shape index (κ1) is 8.71. The van der Waals surface area contributed by atoms with Crippen LogP contribution in [0.3, 0.4) is 0 Å². The fourth-order valence-electron chi connectivity index (χ4n) is 0.700. The molecule has 1 aromatic heterocycles. The molecule has 0 atom stereocenters. The molecule has 0 aliphatic carbocycles. The highest BCUT2D eigenvalue weighted by Crippen LogP contribution is 1.99. The lowest BCUT2D eigenvalue weighted by Crippen LogP contribution is -1.82. The monoisotopic (exact) mass is 167 g/mol. The summed E-state index contributed by atoms with van der Waals surface area (Å²) >= 11 is 0. The second-order valence-electron chi connectivity index (χ2n) is 2.16. The average Bonchev–Trinajstić information content (AvgIpc) is 2.09. The lowest BCUT2D eigenvalue weighted by atomic mass is 10.3. The molecule has 0 radical (unpaired) electrons. The van der Waals surface area contributed by atoms with E-state index in [1.807, 2.05) is 6.92 Å². The zero-order valence-electron chi connectivity index (χ0n) is 6.83. The van der Waals surface area contributed by atoms with E-state index in [9.17, 15) is 4.39 Å². The first-order valence-corrected chi connectivity index (χ1v) is 3.72. The topological polar surface area (TPSA) is 22.1 Å². The van der Waals surface area contributed by atoms with Crippen molar-refractivity contribution >= 4 is 6.08 Å². The van der Waals surface area contributed by atoms with Crippen molar-refractivity contribution in [2.45, 2.75) is 6.92 Å². The van der Waals surface area contributed by atoms with Gasteiger partial charge in [0.25, 0.3) is 0 Å². The van der Waals surface area contributed by atoms with Gasteiger partial charge in [-0.25, -0.2) is 4.39 Å². The first-order valence-electron chi connectivity index (χ1n) is 3.72. The van der Waals surface area contributed by atoms with Crippen molar-refractivity contribution in [3.05, 3.63) is 36.1 Å². The average molecular weight is 167 g/mol. The maximum atomic E-state index is 12.4. The number of hydrogen-bond acceptors (Lipinski definition) is 2. The molecule has 0 aliphatic rings. The van der Waals surface area contributed by atoms with Crippen LogP contribution >= 0.6 is 0 Å². The van der Waals surface area contributed by atoms with Crippen LogP contribution in [0, 0.1) is 5.82 Å². The summed E-state index contributed by atoms with van der Waals surface area (Å²) in [5.74, 6) is -0.330.